The first kappa shape index (κ1) is 22.3. The first-order valence-corrected chi connectivity index (χ1v) is 12.3. The molecule has 1 N–H and O–H groups in total. The van der Waals surface area contributed by atoms with E-state index in [2.05, 4.69) is 24.3 Å². The molecule has 0 aromatic carbocycles. The van der Waals surface area contributed by atoms with Gasteiger partial charge in [0, 0.05) is 18.0 Å². The molecule has 0 aliphatic heterocycles. The molecule has 0 saturated heterocycles. The molecule has 3 saturated carbocycles. The number of nitrogens with one attached hydrogen (secondary N) is 1. The molecule has 0 spiro atoms. The van der Waals surface area contributed by atoms with Crippen molar-refractivity contribution in [3.05, 3.63) is 17.5 Å². The van der Waals surface area contributed by atoms with E-state index in [1.165, 1.54) is 25.7 Å². The summed E-state index contributed by atoms with van der Waals surface area (Å²) in [6.07, 6.45) is 12.8. The van der Waals surface area contributed by atoms with Crippen molar-refractivity contribution in [2.45, 2.75) is 104 Å². The highest BCUT2D eigenvalue weighted by molar-refractivity contribution is 5.79. The molecule has 2 atom stereocenters. The molecule has 0 bridgehead atoms. The fourth-order valence-electron chi connectivity index (χ4n) is 5.63. The minimum Gasteiger partial charge on any atom is -0.457 e. The van der Waals surface area contributed by atoms with Crippen LogP contribution in [0.4, 0.5) is 0 Å². The summed E-state index contributed by atoms with van der Waals surface area (Å²) in [6.45, 7) is 4.64. The van der Waals surface area contributed by atoms with Gasteiger partial charge in [-0.25, -0.2) is 0 Å². The Kier molecular flexibility index (Phi) is 7.02. The van der Waals surface area contributed by atoms with E-state index in [-0.39, 0.29) is 41.8 Å². The highest BCUT2D eigenvalue weighted by Gasteiger charge is 2.49. The second-order valence-corrected chi connectivity index (χ2v) is 10.6. The average molecular weight is 431 g/mol. The SMILES string of the molecule is CC1(C)C(Cc2cc(COC(=O)C3CCCCC3)on2)CC1NC(=O)C1CCCCC1. The van der Waals surface area contributed by atoms with Gasteiger partial charge in [0.1, 0.15) is 0 Å². The van der Waals surface area contributed by atoms with Gasteiger partial charge in [-0.05, 0) is 49.9 Å². The van der Waals surface area contributed by atoms with Crippen LogP contribution < -0.4 is 5.32 Å². The molecule has 31 heavy (non-hydrogen) atoms. The summed E-state index contributed by atoms with van der Waals surface area (Å²) in [4.78, 5) is 24.8. The number of amides is 1. The van der Waals surface area contributed by atoms with Gasteiger partial charge in [0.2, 0.25) is 5.91 Å². The molecule has 6 heteroatoms. The number of nitrogens with zero attached hydrogens (tertiary/aromatic N) is 1. The van der Waals surface area contributed by atoms with Crippen LogP contribution in [0.1, 0.15) is 95.9 Å². The molecule has 6 nitrogen and oxygen atoms in total. The van der Waals surface area contributed by atoms with Crippen molar-refractivity contribution in [1.29, 1.82) is 0 Å². The van der Waals surface area contributed by atoms with Gasteiger partial charge in [-0.1, -0.05) is 57.5 Å². The lowest BCUT2D eigenvalue weighted by atomic mass is 9.57. The van der Waals surface area contributed by atoms with Crippen molar-refractivity contribution in [2.75, 3.05) is 0 Å². The topological polar surface area (TPSA) is 81.4 Å². The van der Waals surface area contributed by atoms with Gasteiger partial charge >= 0.3 is 5.97 Å². The van der Waals surface area contributed by atoms with Crippen LogP contribution >= 0.6 is 0 Å². The first-order valence-electron chi connectivity index (χ1n) is 12.3. The lowest BCUT2D eigenvalue weighted by Gasteiger charge is -2.52. The van der Waals surface area contributed by atoms with Crippen LogP contribution in [0.25, 0.3) is 0 Å². The molecule has 3 aliphatic rings. The largest absolute Gasteiger partial charge is 0.457 e. The number of hydrogen-bond donors (Lipinski definition) is 1. The van der Waals surface area contributed by atoms with Crippen LogP contribution in [-0.4, -0.2) is 23.1 Å². The summed E-state index contributed by atoms with van der Waals surface area (Å²) in [5, 5.41) is 7.52. The van der Waals surface area contributed by atoms with Gasteiger partial charge in [-0.2, -0.15) is 0 Å². The molecule has 2 unspecified atom stereocenters. The molecule has 4 rings (SSSR count). The first-order chi connectivity index (χ1) is 14.9. The Labute approximate surface area is 185 Å². The maximum Gasteiger partial charge on any atom is 0.309 e. The molecule has 3 fully saturated rings. The summed E-state index contributed by atoms with van der Waals surface area (Å²) < 4.78 is 10.9. The van der Waals surface area contributed by atoms with E-state index >= 15 is 0 Å². The van der Waals surface area contributed by atoms with Crippen LogP contribution in [0.3, 0.4) is 0 Å². The Morgan fingerprint density at radius 2 is 1.71 bits per heavy atom. The second kappa shape index (κ2) is 9.74. The maximum absolute atomic E-state index is 12.6. The van der Waals surface area contributed by atoms with Crippen molar-refractivity contribution in [2.24, 2.45) is 23.2 Å². The summed E-state index contributed by atoms with van der Waals surface area (Å²) in [6, 6.07) is 2.15. The number of carbonyl (C=O) groups is 2. The van der Waals surface area contributed by atoms with E-state index in [4.69, 9.17) is 9.26 Å². The number of aromatic nitrogens is 1. The van der Waals surface area contributed by atoms with E-state index < -0.39 is 0 Å². The van der Waals surface area contributed by atoms with Crippen LogP contribution in [-0.2, 0) is 27.4 Å². The number of hydrogen-bond acceptors (Lipinski definition) is 5. The smallest absolute Gasteiger partial charge is 0.309 e. The predicted molar refractivity (Wildman–Crippen MR) is 117 cm³/mol. The van der Waals surface area contributed by atoms with Gasteiger partial charge in [-0.3, -0.25) is 9.59 Å². The van der Waals surface area contributed by atoms with E-state index in [0.29, 0.717) is 11.7 Å². The Hall–Kier alpha value is -1.85. The minimum absolute atomic E-state index is 0.0386. The van der Waals surface area contributed by atoms with Gasteiger partial charge in [-0.15, -0.1) is 0 Å². The lowest BCUT2D eigenvalue weighted by Crippen LogP contribution is -2.59. The number of ether oxygens (including phenoxy) is 1. The Morgan fingerprint density at radius 1 is 1.06 bits per heavy atom. The molecule has 1 amide bonds. The lowest BCUT2D eigenvalue weighted by molar-refractivity contribution is -0.151. The van der Waals surface area contributed by atoms with Crippen LogP contribution in [0.15, 0.2) is 10.6 Å². The zero-order valence-electron chi connectivity index (χ0n) is 19.2. The monoisotopic (exact) mass is 430 g/mol. The summed E-state index contributed by atoms with van der Waals surface area (Å²) in [5.41, 5.74) is 0.940. The van der Waals surface area contributed by atoms with E-state index in [9.17, 15) is 9.59 Å². The highest BCUT2D eigenvalue weighted by Crippen LogP contribution is 2.48. The third kappa shape index (κ3) is 5.32. The normalized spacial score (nSPS) is 26.8. The Balaban J connectivity index is 1.22. The van der Waals surface area contributed by atoms with Crippen molar-refractivity contribution >= 4 is 11.9 Å². The standard InChI is InChI=1S/C25H38N2O4/c1-25(2)19(14-22(25)26-23(28)17-9-5-3-6-10-17)13-20-15-21(31-27-20)16-30-24(29)18-11-7-4-8-12-18/h15,17-19,22H,3-14,16H2,1-2H3,(H,26,28). The summed E-state index contributed by atoms with van der Waals surface area (Å²) >= 11 is 0. The molecule has 1 aromatic rings. The molecule has 172 valence electrons. The van der Waals surface area contributed by atoms with Crippen LogP contribution in [0.5, 0.6) is 0 Å². The molecular formula is C25H38N2O4. The Morgan fingerprint density at radius 3 is 2.35 bits per heavy atom. The van der Waals surface area contributed by atoms with Gasteiger partial charge < -0.3 is 14.6 Å². The molecule has 1 heterocycles. The summed E-state index contributed by atoms with van der Waals surface area (Å²) in [7, 11) is 0. The molecule has 3 aliphatic carbocycles. The molecular weight excluding hydrogens is 392 g/mol. The van der Waals surface area contributed by atoms with Crippen LogP contribution in [0, 0.1) is 23.2 Å². The van der Waals surface area contributed by atoms with Gasteiger partial charge in [0.25, 0.3) is 0 Å². The maximum atomic E-state index is 12.6. The fraction of sp³-hybridized carbons (Fsp3) is 0.800. The molecule has 1 aromatic heterocycles. The van der Waals surface area contributed by atoms with Gasteiger partial charge in [0.05, 0.1) is 11.6 Å². The third-order valence-electron chi connectivity index (χ3n) is 8.12. The second-order valence-electron chi connectivity index (χ2n) is 10.6. The number of rotatable bonds is 7. The minimum atomic E-state index is -0.102. The van der Waals surface area contributed by atoms with Crippen molar-refractivity contribution in [3.8, 4) is 0 Å². The van der Waals surface area contributed by atoms with Crippen molar-refractivity contribution in [1.82, 2.24) is 10.5 Å². The van der Waals surface area contributed by atoms with Crippen molar-refractivity contribution in [3.63, 3.8) is 0 Å². The fourth-order valence-corrected chi connectivity index (χ4v) is 5.63. The quantitative estimate of drug-likeness (QED) is 0.619. The average Bonchev–Trinajstić information content (AvgIpc) is 3.25. The zero-order chi connectivity index (χ0) is 21.8. The van der Waals surface area contributed by atoms with Crippen LogP contribution in [0.2, 0.25) is 0 Å². The van der Waals surface area contributed by atoms with E-state index in [0.717, 1.165) is 57.1 Å². The zero-order valence-corrected chi connectivity index (χ0v) is 19.2. The highest BCUT2D eigenvalue weighted by atomic mass is 16.5. The molecule has 0 radical (unpaired) electrons. The predicted octanol–water partition coefficient (Wildman–Crippen LogP) is 4.95. The van der Waals surface area contributed by atoms with Gasteiger partial charge in [0.15, 0.2) is 12.4 Å². The van der Waals surface area contributed by atoms with E-state index in [1.54, 1.807) is 0 Å². The third-order valence-corrected chi connectivity index (χ3v) is 8.12. The number of esters is 1. The van der Waals surface area contributed by atoms with Crippen molar-refractivity contribution < 1.29 is 18.8 Å². The van der Waals surface area contributed by atoms with E-state index in [1.807, 2.05) is 6.07 Å². The Bertz CT molecular complexity index is 759. The number of carbonyl (C=O) groups excluding carboxylic acids is 2. The summed E-state index contributed by atoms with van der Waals surface area (Å²) in [5.74, 6) is 1.46.